The van der Waals surface area contributed by atoms with Crippen LogP contribution in [0.2, 0.25) is 0 Å². The SMILES string of the molecule is CSc1ccc(CN2CCN(C(=O)C(c3ccccc3)c3ccccc3)CC2)cc1.O=C(O)C(=O)O. The summed E-state index contributed by atoms with van der Waals surface area (Å²) in [5, 5.41) is 14.8. The molecule has 1 amide bonds. The molecule has 0 aromatic heterocycles. The molecule has 0 bridgehead atoms. The average Bonchev–Trinajstić information content (AvgIpc) is 2.91. The van der Waals surface area contributed by atoms with Crippen molar-refractivity contribution in [1.29, 1.82) is 0 Å². The van der Waals surface area contributed by atoms with Crippen LogP contribution in [0.1, 0.15) is 22.6 Å². The minimum atomic E-state index is -1.82. The third-order valence-corrected chi connectivity index (χ3v) is 6.69. The summed E-state index contributed by atoms with van der Waals surface area (Å²) in [6.07, 6.45) is 2.10. The van der Waals surface area contributed by atoms with Gasteiger partial charge in [-0.25, -0.2) is 9.59 Å². The second-order valence-electron chi connectivity index (χ2n) is 8.31. The van der Waals surface area contributed by atoms with Crippen molar-refractivity contribution in [3.05, 3.63) is 102 Å². The van der Waals surface area contributed by atoms with Gasteiger partial charge in [-0.3, -0.25) is 9.69 Å². The maximum absolute atomic E-state index is 13.5. The molecule has 0 radical (unpaired) electrons. The Kier molecular flexibility index (Phi) is 10.1. The lowest BCUT2D eigenvalue weighted by atomic mass is 9.90. The third kappa shape index (κ3) is 7.69. The van der Waals surface area contributed by atoms with Crippen LogP contribution in [0, 0.1) is 0 Å². The molecular formula is C28H30N2O5S. The molecule has 8 heteroatoms. The first-order valence-corrected chi connectivity index (χ1v) is 12.8. The highest BCUT2D eigenvalue weighted by atomic mass is 32.2. The van der Waals surface area contributed by atoms with Gasteiger partial charge < -0.3 is 15.1 Å². The van der Waals surface area contributed by atoms with Crippen molar-refractivity contribution in [3.63, 3.8) is 0 Å². The Balaban J connectivity index is 0.000000538. The molecule has 3 aromatic carbocycles. The summed E-state index contributed by atoms with van der Waals surface area (Å²) in [6, 6.07) is 29.1. The zero-order chi connectivity index (χ0) is 25.9. The minimum Gasteiger partial charge on any atom is -0.473 e. The fraction of sp³-hybridized carbons (Fsp3) is 0.250. The van der Waals surface area contributed by atoms with Gasteiger partial charge in [0.1, 0.15) is 0 Å². The Hall–Kier alpha value is -3.62. The fourth-order valence-electron chi connectivity index (χ4n) is 4.07. The molecule has 0 aliphatic carbocycles. The Bertz CT molecular complexity index is 1080. The minimum absolute atomic E-state index is 0.205. The Morgan fingerprint density at radius 3 is 1.64 bits per heavy atom. The van der Waals surface area contributed by atoms with E-state index in [1.807, 2.05) is 41.3 Å². The Labute approximate surface area is 215 Å². The second kappa shape index (κ2) is 13.5. The molecule has 1 heterocycles. The standard InChI is InChI=1S/C26H28N2OS.C2H2O4/c1-30-24-14-12-21(13-15-24)20-27-16-18-28(19-17-27)26(29)25(22-8-4-2-5-9-22)23-10-6-3-7-11-23;3-1(4)2(5)6/h2-15,25H,16-20H2,1H3;(H,3,4)(H,5,6). The van der Waals surface area contributed by atoms with Crippen molar-refractivity contribution in [2.75, 3.05) is 32.4 Å². The van der Waals surface area contributed by atoms with E-state index < -0.39 is 11.9 Å². The molecule has 1 aliphatic heterocycles. The normalized spacial score (nSPS) is 13.6. The number of aliphatic carboxylic acids is 2. The van der Waals surface area contributed by atoms with E-state index in [2.05, 4.69) is 59.7 Å². The zero-order valence-corrected chi connectivity index (χ0v) is 20.9. The molecule has 2 N–H and O–H groups in total. The molecule has 188 valence electrons. The molecule has 0 spiro atoms. The summed E-state index contributed by atoms with van der Waals surface area (Å²) in [6.45, 7) is 4.31. The predicted octanol–water partition coefficient (Wildman–Crippen LogP) is 4.04. The first-order chi connectivity index (χ1) is 17.4. The Morgan fingerprint density at radius 1 is 0.750 bits per heavy atom. The monoisotopic (exact) mass is 506 g/mol. The maximum atomic E-state index is 13.5. The molecular weight excluding hydrogens is 476 g/mol. The van der Waals surface area contributed by atoms with E-state index in [4.69, 9.17) is 19.8 Å². The lowest BCUT2D eigenvalue weighted by Crippen LogP contribution is -2.49. The first kappa shape index (κ1) is 27.0. The molecule has 36 heavy (non-hydrogen) atoms. The summed E-state index contributed by atoms with van der Waals surface area (Å²) in [7, 11) is 0. The molecule has 1 saturated heterocycles. The maximum Gasteiger partial charge on any atom is 0.414 e. The van der Waals surface area contributed by atoms with E-state index in [0.717, 1.165) is 43.9 Å². The van der Waals surface area contributed by atoms with Crippen molar-refractivity contribution < 1.29 is 24.6 Å². The van der Waals surface area contributed by atoms with Crippen molar-refractivity contribution in [2.24, 2.45) is 0 Å². The summed E-state index contributed by atoms with van der Waals surface area (Å²) in [4.78, 5) is 37.5. The second-order valence-corrected chi connectivity index (χ2v) is 9.19. The number of carbonyl (C=O) groups is 3. The van der Waals surface area contributed by atoms with Crippen LogP contribution in [-0.4, -0.2) is 70.3 Å². The highest BCUT2D eigenvalue weighted by Gasteiger charge is 2.29. The van der Waals surface area contributed by atoms with E-state index in [1.165, 1.54) is 10.5 Å². The summed E-state index contributed by atoms with van der Waals surface area (Å²) < 4.78 is 0. The van der Waals surface area contributed by atoms with Gasteiger partial charge in [-0.1, -0.05) is 72.8 Å². The van der Waals surface area contributed by atoms with Gasteiger partial charge in [0, 0.05) is 37.6 Å². The summed E-state index contributed by atoms with van der Waals surface area (Å²) in [5.41, 5.74) is 3.45. The van der Waals surface area contributed by atoms with Crippen molar-refractivity contribution in [1.82, 2.24) is 9.80 Å². The van der Waals surface area contributed by atoms with Crippen molar-refractivity contribution in [3.8, 4) is 0 Å². The molecule has 1 aliphatic rings. The highest BCUT2D eigenvalue weighted by Crippen LogP contribution is 2.27. The molecule has 0 saturated carbocycles. The van der Waals surface area contributed by atoms with Gasteiger partial charge in [-0.15, -0.1) is 11.8 Å². The third-order valence-electron chi connectivity index (χ3n) is 5.94. The van der Waals surface area contributed by atoms with Crippen LogP contribution in [0.5, 0.6) is 0 Å². The van der Waals surface area contributed by atoms with Crippen LogP contribution in [0.15, 0.2) is 89.8 Å². The zero-order valence-electron chi connectivity index (χ0n) is 20.1. The molecule has 0 atom stereocenters. The molecule has 4 rings (SSSR count). The van der Waals surface area contributed by atoms with E-state index in [0.29, 0.717) is 0 Å². The number of benzene rings is 3. The average molecular weight is 507 g/mol. The van der Waals surface area contributed by atoms with Crippen molar-refractivity contribution in [2.45, 2.75) is 17.4 Å². The number of hydrogen-bond acceptors (Lipinski definition) is 5. The van der Waals surface area contributed by atoms with Gasteiger partial charge in [0.2, 0.25) is 5.91 Å². The van der Waals surface area contributed by atoms with Crippen LogP contribution in [-0.2, 0) is 20.9 Å². The van der Waals surface area contributed by atoms with Crippen LogP contribution >= 0.6 is 11.8 Å². The smallest absolute Gasteiger partial charge is 0.414 e. The number of nitrogens with zero attached hydrogens (tertiary/aromatic N) is 2. The topological polar surface area (TPSA) is 98.2 Å². The van der Waals surface area contributed by atoms with Gasteiger partial charge in [0.05, 0.1) is 5.92 Å². The van der Waals surface area contributed by atoms with Crippen LogP contribution in [0.3, 0.4) is 0 Å². The summed E-state index contributed by atoms with van der Waals surface area (Å²) in [5.74, 6) is -3.68. The lowest BCUT2D eigenvalue weighted by molar-refractivity contribution is -0.159. The number of carboxylic acid groups (broad SMARTS) is 2. The van der Waals surface area contributed by atoms with Crippen LogP contribution in [0.25, 0.3) is 0 Å². The van der Waals surface area contributed by atoms with Gasteiger partial charge >= 0.3 is 11.9 Å². The van der Waals surface area contributed by atoms with Gasteiger partial charge in [0.25, 0.3) is 0 Å². The number of carboxylic acids is 2. The quantitative estimate of drug-likeness (QED) is 0.385. The largest absolute Gasteiger partial charge is 0.473 e. The number of hydrogen-bond donors (Lipinski definition) is 2. The van der Waals surface area contributed by atoms with Crippen LogP contribution < -0.4 is 0 Å². The summed E-state index contributed by atoms with van der Waals surface area (Å²) >= 11 is 1.77. The lowest BCUT2D eigenvalue weighted by Gasteiger charge is -2.36. The van der Waals surface area contributed by atoms with Gasteiger partial charge in [0.15, 0.2) is 0 Å². The molecule has 0 unspecified atom stereocenters. The van der Waals surface area contributed by atoms with Crippen molar-refractivity contribution >= 4 is 29.6 Å². The number of piperazine rings is 1. The number of amides is 1. The number of thioether (sulfide) groups is 1. The number of rotatable bonds is 6. The van der Waals surface area contributed by atoms with E-state index in [9.17, 15) is 4.79 Å². The van der Waals surface area contributed by atoms with Gasteiger partial charge in [-0.05, 0) is 35.1 Å². The fourth-order valence-corrected chi connectivity index (χ4v) is 4.47. The molecule has 7 nitrogen and oxygen atoms in total. The van der Waals surface area contributed by atoms with E-state index >= 15 is 0 Å². The predicted molar refractivity (Wildman–Crippen MR) is 140 cm³/mol. The molecule has 3 aromatic rings. The Morgan fingerprint density at radius 2 is 1.22 bits per heavy atom. The van der Waals surface area contributed by atoms with Gasteiger partial charge in [-0.2, -0.15) is 0 Å². The highest BCUT2D eigenvalue weighted by molar-refractivity contribution is 7.98. The van der Waals surface area contributed by atoms with E-state index in [1.54, 1.807) is 11.8 Å². The van der Waals surface area contributed by atoms with E-state index in [-0.39, 0.29) is 11.8 Å². The van der Waals surface area contributed by atoms with Crippen LogP contribution in [0.4, 0.5) is 0 Å². The first-order valence-electron chi connectivity index (χ1n) is 11.6. The number of carbonyl (C=O) groups excluding carboxylic acids is 1. The molecule has 1 fully saturated rings.